The number of nitrogens with one attached hydrogen (secondary N) is 1. The van der Waals surface area contributed by atoms with Gasteiger partial charge >= 0.3 is 13.2 Å². The number of benzene rings is 2. The van der Waals surface area contributed by atoms with Crippen LogP contribution >= 0.6 is 0 Å². The lowest BCUT2D eigenvalue weighted by atomic mass is 9.76. The summed E-state index contributed by atoms with van der Waals surface area (Å²) in [7, 11) is -1.74. The van der Waals surface area contributed by atoms with Crippen LogP contribution in [0.3, 0.4) is 0 Å². The summed E-state index contributed by atoms with van der Waals surface area (Å²) in [6.07, 6.45) is 1.46. The molecule has 1 atom stereocenters. The number of ether oxygens (including phenoxy) is 1. The molecule has 0 aliphatic heterocycles. The number of carbonyl (C=O) groups is 2. The fourth-order valence-corrected chi connectivity index (χ4v) is 3.90. The van der Waals surface area contributed by atoms with Gasteiger partial charge in [0.2, 0.25) is 0 Å². The number of nitriles is 1. The van der Waals surface area contributed by atoms with Crippen molar-refractivity contribution in [1.29, 1.82) is 5.26 Å². The van der Waals surface area contributed by atoms with Crippen LogP contribution in [0.1, 0.15) is 44.4 Å². The lowest BCUT2D eigenvalue weighted by molar-refractivity contribution is -0.130. The first-order valence-electron chi connectivity index (χ1n) is 12.0. The molecule has 36 heavy (non-hydrogen) atoms. The van der Waals surface area contributed by atoms with Crippen molar-refractivity contribution in [3.05, 3.63) is 76.9 Å². The van der Waals surface area contributed by atoms with Gasteiger partial charge in [-0.15, -0.1) is 0 Å². The number of alkyl carbamates (subject to hydrolysis) is 1. The van der Waals surface area contributed by atoms with Gasteiger partial charge in [-0.3, -0.25) is 4.79 Å². The van der Waals surface area contributed by atoms with Crippen molar-refractivity contribution in [3.8, 4) is 6.07 Å². The van der Waals surface area contributed by atoms with Gasteiger partial charge in [0, 0.05) is 18.5 Å². The van der Waals surface area contributed by atoms with E-state index in [4.69, 9.17) is 4.74 Å². The van der Waals surface area contributed by atoms with E-state index in [0.717, 1.165) is 11.1 Å². The largest absolute Gasteiger partial charge is 0.475 e. The van der Waals surface area contributed by atoms with E-state index in [0.29, 0.717) is 12.0 Å². The van der Waals surface area contributed by atoms with Crippen LogP contribution in [0, 0.1) is 11.3 Å². The summed E-state index contributed by atoms with van der Waals surface area (Å²) >= 11 is 0. The van der Waals surface area contributed by atoms with Gasteiger partial charge in [-0.1, -0.05) is 54.6 Å². The van der Waals surface area contributed by atoms with Gasteiger partial charge in [-0.05, 0) is 56.9 Å². The molecule has 9 heteroatoms. The Hall–Kier alpha value is -3.61. The van der Waals surface area contributed by atoms with Gasteiger partial charge < -0.3 is 25.0 Å². The highest BCUT2D eigenvalue weighted by atomic mass is 16.5. The zero-order valence-electron chi connectivity index (χ0n) is 21.2. The zero-order valence-corrected chi connectivity index (χ0v) is 21.2. The Balaban J connectivity index is 1.97. The van der Waals surface area contributed by atoms with E-state index in [1.54, 1.807) is 23.1 Å². The second kappa shape index (κ2) is 14.1. The number of rotatable bonds is 11. The molecule has 0 spiro atoms. The van der Waals surface area contributed by atoms with E-state index in [1.807, 2.05) is 76.2 Å². The Morgan fingerprint density at radius 1 is 1.06 bits per heavy atom. The average Bonchev–Trinajstić information content (AvgIpc) is 2.82. The van der Waals surface area contributed by atoms with Crippen LogP contribution in [-0.2, 0) is 22.4 Å². The highest BCUT2D eigenvalue weighted by Gasteiger charge is 2.26. The minimum absolute atomic E-state index is 0.0388. The standard InChI is InChI=1S/C27H34BN3O5/c1-19(2)31(20(3)4)26(32)24(18-29)16-23-12-8-11-22(15-23)13-14-36-27(33)30-25(28(34)35)17-21-9-6-5-7-10-21/h5-12,15-16,19-20,25,34-35H,13-14,17H2,1-4H3,(H,30,33). The van der Waals surface area contributed by atoms with Crippen molar-refractivity contribution in [2.75, 3.05) is 6.61 Å². The van der Waals surface area contributed by atoms with Crippen molar-refractivity contribution in [2.45, 2.75) is 58.6 Å². The highest BCUT2D eigenvalue weighted by Crippen LogP contribution is 2.15. The molecule has 0 aromatic heterocycles. The van der Waals surface area contributed by atoms with Gasteiger partial charge in [-0.2, -0.15) is 5.26 Å². The lowest BCUT2D eigenvalue weighted by Gasteiger charge is -2.30. The number of hydrogen-bond acceptors (Lipinski definition) is 6. The van der Waals surface area contributed by atoms with Crippen LogP contribution in [0.25, 0.3) is 6.08 Å². The Morgan fingerprint density at radius 3 is 2.28 bits per heavy atom. The Bertz CT molecular complexity index is 1070. The van der Waals surface area contributed by atoms with Crippen LogP contribution in [-0.4, -0.2) is 58.7 Å². The van der Waals surface area contributed by atoms with E-state index in [2.05, 4.69) is 5.32 Å². The monoisotopic (exact) mass is 491 g/mol. The fraction of sp³-hybridized carbons (Fsp3) is 0.370. The van der Waals surface area contributed by atoms with E-state index >= 15 is 0 Å². The molecule has 0 aliphatic rings. The number of amides is 2. The normalized spacial score (nSPS) is 12.1. The van der Waals surface area contributed by atoms with Crippen LogP contribution < -0.4 is 5.32 Å². The third-order valence-electron chi connectivity index (χ3n) is 5.55. The average molecular weight is 491 g/mol. The minimum Gasteiger partial charge on any atom is -0.449 e. The molecule has 1 unspecified atom stereocenters. The van der Waals surface area contributed by atoms with Gasteiger partial charge in [0.15, 0.2) is 0 Å². The van der Waals surface area contributed by atoms with Gasteiger partial charge in [0.05, 0.1) is 12.5 Å². The third-order valence-corrected chi connectivity index (χ3v) is 5.55. The predicted octanol–water partition coefficient (Wildman–Crippen LogP) is 3.13. The SMILES string of the molecule is CC(C)N(C(=O)C(C#N)=Cc1cccc(CCOC(=O)NC(Cc2ccccc2)B(O)O)c1)C(C)C. The van der Waals surface area contributed by atoms with Crippen LogP contribution in [0.15, 0.2) is 60.2 Å². The molecule has 8 nitrogen and oxygen atoms in total. The van der Waals surface area contributed by atoms with E-state index < -0.39 is 19.2 Å². The number of hydrogen-bond donors (Lipinski definition) is 3. The molecule has 3 N–H and O–H groups in total. The molecule has 2 amide bonds. The Kier molecular flexibility index (Phi) is 11.2. The molecule has 190 valence electrons. The maximum atomic E-state index is 12.9. The lowest BCUT2D eigenvalue weighted by Crippen LogP contribution is -2.48. The molecular weight excluding hydrogens is 457 g/mol. The summed E-state index contributed by atoms with van der Waals surface area (Å²) in [6, 6.07) is 18.4. The molecule has 0 bridgehead atoms. The van der Waals surface area contributed by atoms with Crippen LogP contribution in [0.4, 0.5) is 4.79 Å². The fourth-order valence-electron chi connectivity index (χ4n) is 3.90. The molecule has 0 heterocycles. The van der Waals surface area contributed by atoms with Gasteiger partial charge in [-0.25, -0.2) is 4.79 Å². The second-order valence-corrected chi connectivity index (χ2v) is 9.05. The van der Waals surface area contributed by atoms with E-state index in [-0.39, 0.29) is 36.6 Å². The quantitative estimate of drug-likeness (QED) is 0.252. The number of nitrogens with zero attached hydrogens (tertiary/aromatic N) is 2. The topological polar surface area (TPSA) is 123 Å². The first kappa shape index (κ1) is 28.6. The highest BCUT2D eigenvalue weighted by molar-refractivity contribution is 6.43. The molecule has 0 radical (unpaired) electrons. The van der Waals surface area contributed by atoms with Crippen molar-refractivity contribution in [1.82, 2.24) is 10.2 Å². The molecule has 0 aliphatic carbocycles. The van der Waals surface area contributed by atoms with Crippen LogP contribution in [0.2, 0.25) is 0 Å². The van der Waals surface area contributed by atoms with Crippen molar-refractivity contribution >= 4 is 25.2 Å². The summed E-state index contributed by atoms with van der Waals surface area (Å²) in [5.41, 5.74) is 2.45. The second-order valence-electron chi connectivity index (χ2n) is 9.05. The Morgan fingerprint density at radius 2 is 1.69 bits per heavy atom. The molecule has 2 rings (SSSR count). The predicted molar refractivity (Wildman–Crippen MR) is 139 cm³/mol. The summed E-state index contributed by atoms with van der Waals surface area (Å²) < 4.78 is 5.23. The van der Waals surface area contributed by atoms with E-state index in [9.17, 15) is 24.9 Å². The third kappa shape index (κ3) is 8.88. The summed E-state index contributed by atoms with van der Waals surface area (Å²) in [6.45, 7) is 7.71. The molecule has 0 saturated carbocycles. The van der Waals surface area contributed by atoms with Gasteiger partial charge in [0.25, 0.3) is 5.91 Å². The number of carbonyl (C=O) groups excluding carboxylic acids is 2. The van der Waals surface area contributed by atoms with E-state index in [1.165, 1.54) is 0 Å². The minimum atomic E-state index is -1.74. The smallest absolute Gasteiger partial charge is 0.449 e. The molecule has 2 aromatic carbocycles. The maximum Gasteiger partial charge on any atom is 0.475 e. The first-order valence-corrected chi connectivity index (χ1v) is 12.0. The Labute approximate surface area is 213 Å². The summed E-state index contributed by atoms with van der Waals surface area (Å²) in [4.78, 5) is 26.7. The van der Waals surface area contributed by atoms with Crippen molar-refractivity contribution < 1.29 is 24.4 Å². The molecular formula is C27H34BN3O5. The molecule has 2 aromatic rings. The van der Waals surface area contributed by atoms with Crippen LogP contribution in [0.5, 0.6) is 0 Å². The molecule has 0 fully saturated rings. The maximum absolute atomic E-state index is 12.9. The summed E-state index contributed by atoms with van der Waals surface area (Å²) in [5, 5.41) is 31.3. The first-order chi connectivity index (χ1) is 17.1. The summed E-state index contributed by atoms with van der Waals surface area (Å²) in [5.74, 6) is -1.23. The van der Waals surface area contributed by atoms with Gasteiger partial charge in [0.1, 0.15) is 11.6 Å². The zero-order chi connectivity index (χ0) is 26.7. The van der Waals surface area contributed by atoms with Crippen molar-refractivity contribution in [3.63, 3.8) is 0 Å². The molecule has 0 saturated heterocycles. The van der Waals surface area contributed by atoms with Crippen molar-refractivity contribution in [2.24, 2.45) is 0 Å².